The molecule has 0 radical (unpaired) electrons. The molecule has 1 saturated heterocycles. The number of halogens is 1. The van der Waals surface area contributed by atoms with Crippen LogP contribution in [0.25, 0.3) is 0 Å². The van der Waals surface area contributed by atoms with Crippen molar-refractivity contribution in [2.45, 2.75) is 48.5 Å². The van der Waals surface area contributed by atoms with E-state index in [0.29, 0.717) is 34.9 Å². The van der Waals surface area contributed by atoms with Gasteiger partial charge >= 0.3 is 0 Å². The molecule has 9 heteroatoms. The quantitative estimate of drug-likeness (QED) is 0.685. The van der Waals surface area contributed by atoms with Crippen LogP contribution in [0.4, 0.5) is 17.6 Å². The maximum Gasteiger partial charge on any atom is 0.229 e. The second-order valence-corrected chi connectivity index (χ2v) is 11.2. The Morgan fingerprint density at radius 1 is 1.19 bits per heavy atom. The first-order valence-electron chi connectivity index (χ1n) is 11.4. The SMILES string of the molecule is CN1CC[S@@](=O)c2c(NC3(CO)CCC3)nc(N3CCC(c4ccc(Cl)cc4)CC3)nc21. The van der Waals surface area contributed by atoms with Gasteiger partial charge in [-0.05, 0) is 55.7 Å². The van der Waals surface area contributed by atoms with Gasteiger partial charge in [0, 0.05) is 37.5 Å². The summed E-state index contributed by atoms with van der Waals surface area (Å²) in [6.07, 6.45) is 4.91. The van der Waals surface area contributed by atoms with E-state index >= 15 is 0 Å². The minimum absolute atomic E-state index is 0.0517. The monoisotopic (exact) mass is 475 g/mol. The van der Waals surface area contributed by atoms with Crippen molar-refractivity contribution in [2.75, 3.05) is 54.2 Å². The second kappa shape index (κ2) is 8.80. The lowest BCUT2D eigenvalue weighted by Gasteiger charge is -2.42. The largest absolute Gasteiger partial charge is 0.394 e. The van der Waals surface area contributed by atoms with Crippen LogP contribution in [-0.2, 0) is 10.8 Å². The van der Waals surface area contributed by atoms with E-state index in [-0.39, 0.29) is 12.1 Å². The first kappa shape index (κ1) is 21.9. The highest BCUT2D eigenvalue weighted by molar-refractivity contribution is 7.85. The Morgan fingerprint density at radius 3 is 2.53 bits per heavy atom. The number of benzene rings is 1. The fourth-order valence-electron chi connectivity index (χ4n) is 4.87. The normalized spacial score (nSPS) is 22.9. The molecule has 1 aromatic carbocycles. The van der Waals surface area contributed by atoms with Gasteiger partial charge in [0.05, 0.1) is 22.9 Å². The Morgan fingerprint density at radius 2 is 1.91 bits per heavy atom. The van der Waals surface area contributed by atoms with Crippen LogP contribution < -0.4 is 15.1 Å². The smallest absolute Gasteiger partial charge is 0.229 e. The van der Waals surface area contributed by atoms with Crippen molar-refractivity contribution in [3.8, 4) is 0 Å². The van der Waals surface area contributed by atoms with Crippen LogP contribution in [0.5, 0.6) is 0 Å². The molecule has 3 heterocycles. The zero-order valence-corrected chi connectivity index (χ0v) is 20.0. The molecule has 0 amide bonds. The summed E-state index contributed by atoms with van der Waals surface area (Å²) in [5.74, 6) is 3.12. The van der Waals surface area contributed by atoms with Gasteiger partial charge in [0.1, 0.15) is 4.90 Å². The lowest BCUT2D eigenvalue weighted by atomic mass is 9.77. The average molecular weight is 476 g/mol. The Bertz CT molecular complexity index is 1000. The molecule has 2 N–H and O–H groups in total. The molecule has 172 valence electrons. The zero-order chi connectivity index (χ0) is 22.3. The topological polar surface area (TPSA) is 81.6 Å². The number of hydrogen-bond acceptors (Lipinski definition) is 7. The maximum atomic E-state index is 12.9. The van der Waals surface area contributed by atoms with E-state index in [2.05, 4.69) is 27.2 Å². The van der Waals surface area contributed by atoms with Crippen molar-refractivity contribution in [2.24, 2.45) is 0 Å². The number of nitrogens with zero attached hydrogens (tertiary/aromatic N) is 4. The number of hydrogen-bond donors (Lipinski definition) is 2. The van der Waals surface area contributed by atoms with E-state index in [9.17, 15) is 9.32 Å². The highest BCUT2D eigenvalue weighted by atomic mass is 35.5. The van der Waals surface area contributed by atoms with Gasteiger partial charge in [0.25, 0.3) is 0 Å². The molecular weight excluding hydrogens is 446 g/mol. The Balaban J connectivity index is 1.42. The Labute approximate surface area is 196 Å². The van der Waals surface area contributed by atoms with E-state index in [0.717, 1.165) is 56.0 Å². The summed E-state index contributed by atoms with van der Waals surface area (Å²) in [6.45, 7) is 2.49. The van der Waals surface area contributed by atoms with E-state index in [4.69, 9.17) is 21.6 Å². The van der Waals surface area contributed by atoms with Crippen LogP contribution in [0, 0.1) is 0 Å². The van der Waals surface area contributed by atoms with Crippen molar-refractivity contribution in [1.82, 2.24) is 9.97 Å². The number of fused-ring (bicyclic) bond motifs is 1. The molecule has 3 aliphatic rings. The number of anilines is 3. The lowest BCUT2D eigenvalue weighted by molar-refractivity contribution is 0.143. The molecule has 2 aromatic rings. The minimum Gasteiger partial charge on any atom is -0.394 e. The molecule has 32 heavy (non-hydrogen) atoms. The Hall–Kier alpha value is -1.90. The van der Waals surface area contributed by atoms with Crippen LogP contribution in [0.2, 0.25) is 5.02 Å². The summed E-state index contributed by atoms with van der Waals surface area (Å²) >= 11 is 6.05. The zero-order valence-electron chi connectivity index (χ0n) is 18.4. The van der Waals surface area contributed by atoms with Gasteiger partial charge in [0.2, 0.25) is 5.95 Å². The summed E-state index contributed by atoms with van der Waals surface area (Å²) < 4.78 is 12.9. The number of aliphatic hydroxyl groups is 1. The van der Waals surface area contributed by atoms with E-state index in [1.807, 2.05) is 19.2 Å². The third kappa shape index (κ3) is 4.08. The highest BCUT2D eigenvalue weighted by Gasteiger charge is 2.39. The van der Waals surface area contributed by atoms with Crippen molar-refractivity contribution in [1.29, 1.82) is 0 Å². The van der Waals surface area contributed by atoms with Gasteiger partial charge in [-0.1, -0.05) is 23.7 Å². The van der Waals surface area contributed by atoms with Crippen molar-refractivity contribution in [3.63, 3.8) is 0 Å². The van der Waals surface area contributed by atoms with Crippen LogP contribution >= 0.6 is 11.6 Å². The third-order valence-corrected chi connectivity index (χ3v) is 8.79. The maximum absolute atomic E-state index is 12.9. The highest BCUT2D eigenvalue weighted by Crippen LogP contribution is 2.40. The van der Waals surface area contributed by atoms with Crippen LogP contribution in [0.3, 0.4) is 0 Å². The van der Waals surface area contributed by atoms with Crippen molar-refractivity contribution < 1.29 is 9.32 Å². The van der Waals surface area contributed by atoms with Crippen LogP contribution in [0.1, 0.15) is 43.6 Å². The van der Waals surface area contributed by atoms with Gasteiger partial charge < -0.3 is 20.2 Å². The summed E-state index contributed by atoms with van der Waals surface area (Å²) in [5, 5.41) is 14.2. The molecular formula is C23H30ClN5O2S. The molecule has 0 bridgehead atoms. The minimum atomic E-state index is -1.15. The van der Waals surface area contributed by atoms with Crippen molar-refractivity contribution >= 4 is 40.0 Å². The molecule has 1 saturated carbocycles. The fraction of sp³-hybridized carbons (Fsp3) is 0.565. The lowest BCUT2D eigenvalue weighted by Crippen LogP contribution is -2.49. The molecule has 1 aromatic heterocycles. The predicted molar refractivity (Wildman–Crippen MR) is 130 cm³/mol. The second-order valence-electron chi connectivity index (χ2n) is 9.23. The van der Waals surface area contributed by atoms with E-state index < -0.39 is 10.8 Å². The van der Waals surface area contributed by atoms with Crippen LogP contribution in [0.15, 0.2) is 29.2 Å². The number of aromatic nitrogens is 2. The molecule has 1 atom stereocenters. The standard InChI is InChI=1S/C23H30ClN5O2S/c1-28-13-14-32(31)19-20(27-23(15-30)9-2-10-23)25-22(26-21(19)28)29-11-7-17(8-12-29)16-3-5-18(24)6-4-16/h3-6,17,30H,2,7-15H2,1H3,(H,25,26,27)/t32-/m1/s1. The fourth-order valence-corrected chi connectivity index (χ4v) is 6.36. The molecule has 7 nitrogen and oxygen atoms in total. The van der Waals surface area contributed by atoms with Crippen LogP contribution in [-0.4, -0.2) is 63.9 Å². The number of aliphatic hydroxyl groups excluding tert-OH is 1. The molecule has 5 rings (SSSR count). The summed E-state index contributed by atoms with van der Waals surface area (Å²) in [4.78, 5) is 14.7. The van der Waals surface area contributed by atoms with Gasteiger partial charge in [-0.3, -0.25) is 4.21 Å². The number of rotatable bonds is 5. The van der Waals surface area contributed by atoms with E-state index in [1.165, 1.54) is 5.56 Å². The Kier molecular flexibility index (Phi) is 6.03. The van der Waals surface area contributed by atoms with Gasteiger partial charge in [-0.25, -0.2) is 0 Å². The molecule has 0 unspecified atom stereocenters. The number of piperidine rings is 1. The molecule has 0 spiro atoms. The number of nitrogens with one attached hydrogen (secondary N) is 1. The van der Waals surface area contributed by atoms with Gasteiger partial charge in [-0.2, -0.15) is 9.97 Å². The molecule has 2 fully saturated rings. The summed E-state index contributed by atoms with van der Waals surface area (Å²) in [7, 11) is 0.846. The van der Waals surface area contributed by atoms with Gasteiger partial charge in [-0.15, -0.1) is 0 Å². The van der Waals surface area contributed by atoms with Gasteiger partial charge in [0.15, 0.2) is 11.6 Å². The average Bonchev–Trinajstić information content (AvgIpc) is 2.79. The van der Waals surface area contributed by atoms with E-state index in [1.54, 1.807) is 0 Å². The summed E-state index contributed by atoms with van der Waals surface area (Å²) in [6, 6.07) is 8.16. The van der Waals surface area contributed by atoms with Crippen molar-refractivity contribution in [3.05, 3.63) is 34.9 Å². The first-order chi connectivity index (χ1) is 15.5. The summed E-state index contributed by atoms with van der Waals surface area (Å²) in [5.41, 5.74) is 0.967. The first-order valence-corrected chi connectivity index (χ1v) is 13.1. The molecule has 2 aliphatic heterocycles. The predicted octanol–water partition coefficient (Wildman–Crippen LogP) is 3.40. The third-order valence-electron chi connectivity index (χ3n) is 7.15. The molecule has 1 aliphatic carbocycles.